The molecule has 1 aromatic rings. The summed E-state index contributed by atoms with van der Waals surface area (Å²) in [5, 5.41) is 1.55. The van der Waals surface area contributed by atoms with E-state index >= 15 is 0 Å². The lowest BCUT2D eigenvalue weighted by molar-refractivity contribution is 1.43. The molecule has 0 N–H and O–H groups in total. The van der Waals surface area contributed by atoms with Crippen molar-refractivity contribution in [2.24, 2.45) is 0 Å². The van der Waals surface area contributed by atoms with Crippen LogP contribution in [-0.2, 0) is 0 Å². The van der Waals surface area contributed by atoms with Gasteiger partial charge in [-0.1, -0.05) is 74.5 Å². The van der Waals surface area contributed by atoms with E-state index in [2.05, 4.69) is 57.3 Å². The van der Waals surface area contributed by atoms with Crippen molar-refractivity contribution in [3.05, 3.63) is 30.3 Å². The largest absolute Gasteiger partial charge is 0.0821 e. The fourth-order valence-corrected chi connectivity index (χ4v) is 2.10. The Morgan fingerprint density at radius 3 is 2.00 bits per heavy atom. The first-order valence-electron chi connectivity index (χ1n) is 5.28. The summed E-state index contributed by atoms with van der Waals surface area (Å²) < 4.78 is 0. The average molecular weight is 221 g/mol. The normalized spacial score (nSPS) is 9.50. The molecule has 77 valence electrons. The summed E-state index contributed by atoms with van der Waals surface area (Å²) in [6.07, 6.45) is 0. The molecule has 0 aliphatic heterocycles. The van der Waals surface area contributed by atoms with Gasteiger partial charge in [0, 0.05) is 9.52 Å². The molecule has 14 heavy (non-hydrogen) atoms. The molecule has 0 nitrogen and oxygen atoms in total. The highest BCUT2D eigenvalue weighted by Gasteiger charge is 2.01. The van der Waals surface area contributed by atoms with E-state index < -0.39 is 0 Å². The minimum atomic E-state index is -0.207. The summed E-state index contributed by atoms with van der Waals surface area (Å²) >= 11 is 0. The van der Waals surface area contributed by atoms with Gasteiger partial charge in [-0.3, -0.25) is 0 Å². The number of rotatable bonds is 3. The summed E-state index contributed by atoms with van der Waals surface area (Å²) in [5.41, 5.74) is 0. The van der Waals surface area contributed by atoms with Gasteiger partial charge in [0.05, 0.1) is 8.80 Å². The quantitative estimate of drug-likeness (QED) is 0.688. The summed E-state index contributed by atoms with van der Waals surface area (Å²) in [6.45, 7) is 9.03. The van der Waals surface area contributed by atoms with Gasteiger partial charge in [0.15, 0.2) is 0 Å². The van der Waals surface area contributed by atoms with Crippen LogP contribution in [0.15, 0.2) is 30.3 Å². The maximum atomic E-state index is 2.36. The maximum Gasteiger partial charge on any atom is 0.0821 e. The predicted molar refractivity (Wildman–Crippen MR) is 70.3 cm³/mol. The van der Waals surface area contributed by atoms with Crippen molar-refractivity contribution in [1.82, 2.24) is 0 Å². The van der Waals surface area contributed by atoms with E-state index in [9.17, 15) is 0 Å². The third-order valence-corrected chi connectivity index (χ3v) is 5.24. The van der Waals surface area contributed by atoms with Gasteiger partial charge in [-0.2, -0.15) is 0 Å². The molecule has 0 bridgehead atoms. The number of benzene rings is 1. The molecular formula is C12H21Si2. The van der Waals surface area contributed by atoms with Gasteiger partial charge in [-0.15, -0.1) is 0 Å². The van der Waals surface area contributed by atoms with Crippen LogP contribution in [0.4, 0.5) is 0 Å². The molecule has 0 aliphatic rings. The van der Waals surface area contributed by atoms with Gasteiger partial charge in [0.1, 0.15) is 0 Å². The van der Waals surface area contributed by atoms with E-state index in [1.165, 1.54) is 12.1 Å². The molecule has 0 saturated carbocycles. The monoisotopic (exact) mass is 221 g/mol. The molecule has 0 unspecified atom stereocenters. The van der Waals surface area contributed by atoms with Crippen LogP contribution in [0.1, 0.15) is 13.8 Å². The highest BCUT2D eigenvalue weighted by molar-refractivity contribution is 6.71. The van der Waals surface area contributed by atoms with E-state index in [0.29, 0.717) is 0 Å². The fourth-order valence-electron chi connectivity index (χ4n) is 0.927. The Bertz CT molecular complexity index is 207. The Balaban J connectivity index is 0.000000364. The summed E-state index contributed by atoms with van der Waals surface area (Å²) in [6, 6.07) is 13.5. The van der Waals surface area contributed by atoms with Crippen molar-refractivity contribution in [3.8, 4) is 0 Å². The zero-order valence-electron chi connectivity index (χ0n) is 9.80. The third-order valence-electron chi connectivity index (χ3n) is 2.15. The van der Waals surface area contributed by atoms with Crippen molar-refractivity contribution >= 4 is 23.5 Å². The second kappa shape index (κ2) is 9.22. The molecule has 0 aromatic heterocycles. The number of hydrogen-bond acceptors (Lipinski definition) is 0. The van der Waals surface area contributed by atoms with Crippen molar-refractivity contribution in [1.29, 1.82) is 0 Å². The minimum Gasteiger partial charge on any atom is -0.0733 e. The highest BCUT2D eigenvalue weighted by Crippen LogP contribution is 1.92. The second-order valence-electron chi connectivity index (χ2n) is 3.21. The molecule has 0 spiro atoms. The first-order chi connectivity index (χ1) is 6.76. The van der Waals surface area contributed by atoms with E-state index in [1.54, 1.807) is 5.19 Å². The topological polar surface area (TPSA) is 0 Å². The van der Waals surface area contributed by atoms with Gasteiger partial charge in [0.25, 0.3) is 0 Å². The molecule has 0 saturated heterocycles. The maximum absolute atomic E-state index is 2.36. The van der Waals surface area contributed by atoms with E-state index in [-0.39, 0.29) is 8.80 Å². The molecular weight excluding hydrogens is 200 g/mol. The van der Waals surface area contributed by atoms with Gasteiger partial charge < -0.3 is 0 Å². The average Bonchev–Trinajstić information content (AvgIpc) is 2.29. The lowest BCUT2D eigenvalue weighted by Gasteiger charge is -2.04. The summed E-state index contributed by atoms with van der Waals surface area (Å²) in [7, 11) is 0.934. The van der Waals surface area contributed by atoms with Crippen LogP contribution in [0.5, 0.6) is 0 Å². The Morgan fingerprint density at radius 2 is 1.64 bits per heavy atom. The molecule has 0 atom stereocenters. The first kappa shape index (κ1) is 13.7. The van der Waals surface area contributed by atoms with Crippen molar-refractivity contribution < 1.29 is 0 Å². The molecule has 0 aliphatic carbocycles. The molecule has 2 heteroatoms. The van der Waals surface area contributed by atoms with Crippen LogP contribution in [-0.4, -0.2) is 18.3 Å². The Labute approximate surface area is 93.2 Å². The Morgan fingerprint density at radius 1 is 1.14 bits per heavy atom. The highest BCUT2D eigenvalue weighted by atomic mass is 28.3. The first-order valence-corrected chi connectivity index (χ1v) is 9.20. The van der Waals surface area contributed by atoms with Crippen molar-refractivity contribution in [3.63, 3.8) is 0 Å². The molecule has 1 aromatic carbocycles. The van der Waals surface area contributed by atoms with Crippen molar-refractivity contribution in [2.45, 2.75) is 39.0 Å². The van der Waals surface area contributed by atoms with Crippen LogP contribution < -0.4 is 5.19 Å². The lowest BCUT2D eigenvalue weighted by atomic mass is 10.4. The van der Waals surface area contributed by atoms with Gasteiger partial charge >= 0.3 is 0 Å². The lowest BCUT2D eigenvalue weighted by Crippen LogP contribution is -2.24. The smallest absolute Gasteiger partial charge is 0.0733 e. The van der Waals surface area contributed by atoms with Crippen LogP contribution >= 0.6 is 0 Å². The zero-order chi connectivity index (χ0) is 10.8. The van der Waals surface area contributed by atoms with Crippen LogP contribution in [0.3, 0.4) is 0 Å². The van der Waals surface area contributed by atoms with Gasteiger partial charge in [0.2, 0.25) is 0 Å². The standard InChI is InChI=1S/C9H13Si.C3H8Si/c1-3-10(2)9-7-5-4-6-8-9;1-3-4-2/h4-8H,3H2,1-2H3;3H2,1-2H3. The van der Waals surface area contributed by atoms with Gasteiger partial charge in [-0.25, -0.2) is 0 Å². The molecule has 0 heterocycles. The SMILES string of the molecule is CC[Si](C)c1ccccc1.CC[Si]C. The zero-order valence-corrected chi connectivity index (χ0v) is 11.8. The van der Waals surface area contributed by atoms with E-state index in [0.717, 1.165) is 9.52 Å². The molecule has 3 radical (unpaired) electrons. The van der Waals surface area contributed by atoms with Gasteiger partial charge in [-0.05, 0) is 0 Å². The van der Waals surface area contributed by atoms with Crippen LogP contribution in [0.2, 0.25) is 25.2 Å². The molecule has 0 fully saturated rings. The second-order valence-corrected chi connectivity index (χ2v) is 7.47. The molecule has 1 rings (SSSR count). The van der Waals surface area contributed by atoms with E-state index in [1.807, 2.05) is 0 Å². The Hall–Kier alpha value is -0.346. The van der Waals surface area contributed by atoms with Crippen LogP contribution in [0, 0.1) is 0 Å². The fraction of sp³-hybridized carbons (Fsp3) is 0.500. The molecule has 0 amide bonds. The number of hydrogen-bond donors (Lipinski definition) is 0. The van der Waals surface area contributed by atoms with Crippen LogP contribution in [0.25, 0.3) is 0 Å². The third kappa shape index (κ3) is 6.16. The Kier molecular flexibility index (Phi) is 8.99. The predicted octanol–water partition coefficient (Wildman–Crippen LogP) is 3.22. The summed E-state index contributed by atoms with van der Waals surface area (Å²) in [5.74, 6) is 0. The summed E-state index contributed by atoms with van der Waals surface area (Å²) in [4.78, 5) is 0. The minimum absolute atomic E-state index is 0.207. The van der Waals surface area contributed by atoms with E-state index in [4.69, 9.17) is 0 Å². The van der Waals surface area contributed by atoms with Crippen molar-refractivity contribution in [2.75, 3.05) is 0 Å².